The van der Waals surface area contributed by atoms with Crippen molar-refractivity contribution in [3.05, 3.63) is 41.0 Å². The van der Waals surface area contributed by atoms with Crippen molar-refractivity contribution in [1.82, 2.24) is 9.78 Å². The van der Waals surface area contributed by atoms with Crippen LogP contribution in [0.4, 0.5) is 5.82 Å². The maximum absolute atomic E-state index is 5.97. The molecule has 0 aliphatic heterocycles. The van der Waals surface area contributed by atoms with E-state index in [0.29, 0.717) is 17.4 Å². The summed E-state index contributed by atoms with van der Waals surface area (Å²) in [6.45, 7) is 0.561. The van der Waals surface area contributed by atoms with Crippen LogP contribution in [-0.2, 0) is 6.42 Å². The molecule has 1 aromatic heterocycles. The largest absolute Gasteiger partial charge is 0.383 e. The van der Waals surface area contributed by atoms with E-state index in [0.717, 1.165) is 17.7 Å². The summed E-state index contributed by atoms with van der Waals surface area (Å²) in [5, 5.41) is 4.88. The molecule has 0 spiro atoms. The van der Waals surface area contributed by atoms with Crippen LogP contribution in [0.3, 0.4) is 0 Å². The normalized spacial score (nSPS) is 10.6. The Morgan fingerprint density at radius 2 is 2.19 bits per heavy atom. The van der Waals surface area contributed by atoms with E-state index in [1.54, 1.807) is 10.9 Å². The van der Waals surface area contributed by atoms with E-state index >= 15 is 0 Å². The molecule has 1 heterocycles. The predicted octanol–water partition coefficient (Wildman–Crippen LogP) is 1.61. The summed E-state index contributed by atoms with van der Waals surface area (Å²) in [6.07, 6.45) is 2.47. The Morgan fingerprint density at radius 1 is 1.38 bits per heavy atom. The number of nitrogens with two attached hydrogens (primary N) is 2. The molecule has 0 saturated heterocycles. The highest BCUT2D eigenvalue weighted by atomic mass is 35.5. The summed E-state index contributed by atoms with van der Waals surface area (Å²) in [6, 6.07) is 7.39. The van der Waals surface area contributed by atoms with Crippen LogP contribution in [-0.4, -0.2) is 16.3 Å². The lowest BCUT2D eigenvalue weighted by Gasteiger charge is -2.05. The minimum Gasteiger partial charge on any atom is -0.383 e. The summed E-state index contributed by atoms with van der Waals surface area (Å²) in [7, 11) is 0. The van der Waals surface area contributed by atoms with Gasteiger partial charge in [-0.25, -0.2) is 4.68 Å². The van der Waals surface area contributed by atoms with Gasteiger partial charge in [0.25, 0.3) is 0 Å². The molecule has 1 aromatic carbocycles. The van der Waals surface area contributed by atoms with E-state index in [4.69, 9.17) is 23.1 Å². The number of halogens is 1. The Bertz CT molecular complexity index is 492. The van der Waals surface area contributed by atoms with Crippen molar-refractivity contribution in [3.63, 3.8) is 0 Å². The molecule has 4 nitrogen and oxygen atoms in total. The molecule has 0 bridgehead atoms. The number of hydrogen-bond acceptors (Lipinski definition) is 3. The second-order valence-corrected chi connectivity index (χ2v) is 3.92. The molecular weight excluding hydrogens is 224 g/mol. The Hall–Kier alpha value is -1.52. The standard InChI is InChI=1S/C11H13ClN4/c12-9-2-1-3-10(6-9)16-11(14)8(4-5-13)7-15-16/h1-3,6-7H,4-5,13-14H2. The first-order chi connectivity index (χ1) is 7.72. The molecule has 84 valence electrons. The summed E-state index contributed by atoms with van der Waals surface area (Å²) < 4.78 is 1.66. The quantitative estimate of drug-likeness (QED) is 0.851. The minimum atomic E-state index is 0.561. The molecule has 4 N–H and O–H groups in total. The average Bonchev–Trinajstić information content (AvgIpc) is 2.61. The van der Waals surface area contributed by atoms with Gasteiger partial charge in [0.15, 0.2) is 0 Å². The van der Waals surface area contributed by atoms with Gasteiger partial charge in [0.05, 0.1) is 11.9 Å². The van der Waals surface area contributed by atoms with Crippen LogP contribution in [0.5, 0.6) is 0 Å². The summed E-state index contributed by atoms with van der Waals surface area (Å²) in [5.74, 6) is 0.618. The fraction of sp³-hybridized carbons (Fsp3) is 0.182. The number of hydrogen-bond donors (Lipinski definition) is 2. The van der Waals surface area contributed by atoms with Crippen LogP contribution in [0.1, 0.15) is 5.56 Å². The van der Waals surface area contributed by atoms with E-state index in [-0.39, 0.29) is 0 Å². The first-order valence-electron chi connectivity index (χ1n) is 5.00. The molecule has 0 aliphatic carbocycles. The van der Waals surface area contributed by atoms with E-state index in [9.17, 15) is 0 Å². The van der Waals surface area contributed by atoms with Crippen molar-refractivity contribution >= 4 is 17.4 Å². The predicted molar refractivity (Wildman–Crippen MR) is 65.7 cm³/mol. The highest BCUT2D eigenvalue weighted by molar-refractivity contribution is 6.30. The van der Waals surface area contributed by atoms with Crippen LogP contribution in [0.15, 0.2) is 30.5 Å². The molecule has 0 aliphatic rings. The number of anilines is 1. The minimum absolute atomic E-state index is 0.561. The first kappa shape index (κ1) is 11.0. The average molecular weight is 237 g/mol. The van der Waals surface area contributed by atoms with Crippen molar-refractivity contribution in [2.75, 3.05) is 12.3 Å². The number of nitrogens with zero attached hydrogens (tertiary/aromatic N) is 2. The molecule has 0 fully saturated rings. The molecule has 0 atom stereocenters. The van der Waals surface area contributed by atoms with Gasteiger partial charge in [-0.2, -0.15) is 5.10 Å². The first-order valence-corrected chi connectivity index (χ1v) is 5.38. The molecule has 0 unspecified atom stereocenters. The van der Waals surface area contributed by atoms with Crippen molar-refractivity contribution < 1.29 is 0 Å². The van der Waals surface area contributed by atoms with Crippen LogP contribution >= 0.6 is 11.6 Å². The fourth-order valence-corrected chi connectivity index (χ4v) is 1.74. The van der Waals surface area contributed by atoms with E-state index < -0.39 is 0 Å². The Labute approximate surface area is 98.8 Å². The highest BCUT2D eigenvalue weighted by Crippen LogP contribution is 2.19. The van der Waals surface area contributed by atoms with Gasteiger partial charge < -0.3 is 11.5 Å². The second-order valence-electron chi connectivity index (χ2n) is 3.49. The Balaban J connectivity index is 2.41. The Kier molecular flexibility index (Phi) is 3.12. The molecule has 16 heavy (non-hydrogen) atoms. The zero-order valence-corrected chi connectivity index (χ0v) is 9.48. The maximum Gasteiger partial charge on any atom is 0.130 e. The number of aromatic nitrogens is 2. The van der Waals surface area contributed by atoms with E-state index in [1.165, 1.54) is 0 Å². The van der Waals surface area contributed by atoms with E-state index in [2.05, 4.69) is 5.10 Å². The number of rotatable bonds is 3. The van der Waals surface area contributed by atoms with E-state index in [1.807, 2.05) is 24.3 Å². The maximum atomic E-state index is 5.97. The van der Waals surface area contributed by atoms with Gasteiger partial charge in [-0.3, -0.25) is 0 Å². The van der Waals surface area contributed by atoms with Crippen molar-refractivity contribution in [2.24, 2.45) is 5.73 Å². The molecule has 0 amide bonds. The third-order valence-corrected chi connectivity index (χ3v) is 2.59. The highest BCUT2D eigenvalue weighted by Gasteiger charge is 2.08. The molecule has 0 saturated carbocycles. The van der Waals surface area contributed by atoms with Gasteiger partial charge >= 0.3 is 0 Å². The van der Waals surface area contributed by atoms with Crippen LogP contribution in [0, 0.1) is 0 Å². The van der Waals surface area contributed by atoms with Crippen molar-refractivity contribution in [3.8, 4) is 5.69 Å². The molecule has 2 aromatic rings. The smallest absolute Gasteiger partial charge is 0.130 e. The zero-order valence-electron chi connectivity index (χ0n) is 8.73. The lowest BCUT2D eigenvalue weighted by Crippen LogP contribution is -2.06. The zero-order chi connectivity index (χ0) is 11.5. The molecule has 0 radical (unpaired) electrons. The lowest BCUT2D eigenvalue weighted by molar-refractivity contribution is 0.890. The number of benzene rings is 1. The van der Waals surface area contributed by atoms with Gasteiger partial charge in [-0.15, -0.1) is 0 Å². The second kappa shape index (κ2) is 4.55. The van der Waals surface area contributed by atoms with Crippen LogP contribution in [0.25, 0.3) is 5.69 Å². The van der Waals surface area contributed by atoms with Gasteiger partial charge in [0.2, 0.25) is 0 Å². The summed E-state index contributed by atoms with van der Waals surface area (Å²) in [4.78, 5) is 0. The van der Waals surface area contributed by atoms with Gasteiger partial charge in [0.1, 0.15) is 5.82 Å². The van der Waals surface area contributed by atoms with Gasteiger partial charge in [0, 0.05) is 10.6 Å². The monoisotopic (exact) mass is 236 g/mol. The fourth-order valence-electron chi connectivity index (χ4n) is 1.55. The lowest BCUT2D eigenvalue weighted by atomic mass is 10.2. The van der Waals surface area contributed by atoms with Gasteiger partial charge in [-0.1, -0.05) is 17.7 Å². The molecular formula is C11H13ClN4. The topological polar surface area (TPSA) is 69.9 Å². The van der Waals surface area contributed by atoms with Crippen LogP contribution < -0.4 is 11.5 Å². The summed E-state index contributed by atoms with van der Waals surface area (Å²) in [5.41, 5.74) is 13.3. The van der Waals surface area contributed by atoms with Crippen LogP contribution in [0.2, 0.25) is 5.02 Å². The van der Waals surface area contributed by atoms with Crippen molar-refractivity contribution in [2.45, 2.75) is 6.42 Å². The third kappa shape index (κ3) is 2.03. The SMILES string of the molecule is NCCc1cnn(-c2cccc(Cl)c2)c1N. The number of nitrogen functional groups attached to an aromatic ring is 1. The van der Waals surface area contributed by atoms with Gasteiger partial charge in [-0.05, 0) is 31.2 Å². The molecule has 2 rings (SSSR count). The third-order valence-electron chi connectivity index (χ3n) is 2.35. The molecule has 5 heteroatoms. The van der Waals surface area contributed by atoms with Crippen molar-refractivity contribution in [1.29, 1.82) is 0 Å². The Morgan fingerprint density at radius 3 is 2.88 bits per heavy atom. The summed E-state index contributed by atoms with van der Waals surface area (Å²) >= 11 is 5.91.